The average molecular weight is 453 g/mol. The molecule has 2 fully saturated rings. The van der Waals surface area contributed by atoms with Crippen LogP contribution in [0.15, 0.2) is 24.4 Å². The zero-order valence-electron chi connectivity index (χ0n) is 16.8. The Hall–Kier alpha value is -2.50. The molecule has 31 heavy (non-hydrogen) atoms. The van der Waals surface area contributed by atoms with Crippen molar-refractivity contribution in [2.75, 3.05) is 37.7 Å². The molecule has 2 aliphatic rings. The molecule has 0 amide bonds. The molecule has 9 nitrogen and oxygen atoms in total. The van der Waals surface area contributed by atoms with Crippen LogP contribution in [0.25, 0.3) is 10.9 Å². The van der Waals surface area contributed by atoms with Crippen molar-refractivity contribution >= 4 is 32.7 Å². The maximum absolute atomic E-state index is 13.8. The van der Waals surface area contributed by atoms with Gasteiger partial charge >= 0.3 is 11.9 Å². The van der Waals surface area contributed by atoms with E-state index in [1.54, 1.807) is 4.90 Å². The highest BCUT2D eigenvalue weighted by Crippen LogP contribution is 2.32. The first-order valence-electron chi connectivity index (χ1n) is 10.1. The normalized spacial score (nSPS) is 23.2. The van der Waals surface area contributed by atoms with Gasteiger partial charge in [-0.2, -0.15) is 0 Å². The lowest BCUT2D eigenvalue weighted by Gasteiger charge is -2.40. The zero-order chi connectivity index (χ0) is 22.3. The third kappa shape index (κ3) is 4.43. The number of carbonyl (C=O) groups is 2. The Morgan fingerprint density at radius 2 is 1.87 bits per heavy atom. The minimum Gasteiger partial charge on any atom is -0.480 e. The third-order valence-corrected chi connectivity index (χ3v) is 7.90. The fourth-order valence-corrected chi connectivity index (χ4v) is 6.46. The number of benzene rings is 1. The zero-order valence-corrected chi connectivity index (χ0v) is 17.6. The molecule has 0 aliphatic carbocycles. The summed E-state index contributed by atoms with van der Waals surface area (Å²) in [6.45, 7) is 1.55. The van der Waals surface area contributed by atoms with Crippen molar-refractivity contribution in [1.29, 1.82) is 0 Å². The molecule has 0 bridgehead atoms. The number of nitrogens with zero attached hydrogens (tertiary/aromatic N) is 3. The van der Waals surface area contributed by atoms with Gasteiger partial charge in [-0.1, -0.05) is 0 Å². The van der Waals surface area contributed by atoms with Crippen LogP contribution in [0.3, 0.4) is 0 Å². The summed E-state index contributed by atoms with van der Waals surface area (Å²) < 4.78 is 38.7. The predicted molar refractivity (Wildman–Crippen MR) is 110 cm³/mol. The van der Waals surface area contributed by atoms with Crippen molar-refractivity contribution in [2.45, 2.75) is 25.0 Å². The number of halogens is 1. The molecule has 0 saturated carbocycles. The number of aromatic nitrogens is 1. The second kappa shape index (κ2) is 8.21. The Labute approximate surface area is 178 Å². The fourth-order valence-electron chi connectivity index (χ4n) is 4.70. The smallest absolute Gasteiger partial charge is 0.325 e. The Morgan fingerprint density at radius 1 is 1.16 bits per heavy atom. The highest BCUT2D eigenvalue weighted by molar-refractivity contribution is 7.91. The lowest BCUT2D eigenvalue weighted by atomic mass is 10.0. The Morgan fingerprint density at radius 3 is 2.45 bits per heavy atom. The molecule has 2 saturated heterocycles. The lowest BCUT2D eigenvalue weighted by Crippen LogP contribution is -2.52. The molecule has 0 radical (unpaired) electrons. The van der Waals surface area contributed by atoms with E-state index < -0.39 is 40.2 Å². The number of rotatable bonds is 6. The van der Waals surface area contributed by atoms with Crippen molar-refractivity contribution in [2.24, 2.45) is 0 Å². The van der Waals surface area contributed by atoms with Gasteiger partial charge in [0.1, 0.15) is 18.4 Å². The Kier molecular flexibility index (Phi) is 5.75. The van der Waals surface area contributed by atoms with Crippen LogP contribution in [-0.4, -0.2) is 88.7 Å². The fraction of sp³-hybridized carbons (Fsp3) is 0.500. The standard InChI is InChI=1S/C20H24FN3O6S/c21-13-1-2-15-16(10-24(11-18(25)26)17(15)9-13)19(20(27)28)23-6-4-22(5-7-23)14-3-8-31(29,30)12-14/h1-2,9-10,14,19H,3-8,11-12H2,(H,25,26)(H,27,28). The molecular formula is C20H24FN3O6S. The van der Waals surface area contributed by atoms with Crippen LogP contribution in [0.2, 0.25) is 0 Å². The summed E-state index contributed by atoms with van der Waals surface area (Å²) in [5.41, 5.74) is 0.749. The van der Waals surface area contributed by atoms with Gasteiger partial charge in [-0.15, -0.1) is 0 Å². The molecule has 4 rings (SSSR count). The van der Waals surface area contributed by atoms with Gasteiger partial charge in [0.15, 0.2) is 9.84 Å². The van der Waals surface area contributed by atoms with Gasteiger partial charge in [0.2, 0.25) is 0 Å². The van der Waals surface area contributed by atoms with Gasteiger partial charge in [0.25, 0.3) is 0 Å². The first-order chi connectivity index (χ1) is 14.6. The summed E-state index contributed by atoms with van der Waals surface area (Å²) in [6.07, 6.45) is 2.08. The number of hydrogen-bond acceptors (Lipinski definition) is 6. The van der Waals surface area contributed by atoms with Crippen LogP contribution in [0.4, 0.5) is 4.39 Å². The molecule has 3 heterocycles. The van der Waals surface area contributed by atoms with E-state index in [9.17, 15) is 32.6 Å². The number of carboxylic acids is 2. The summed E-state index contributed by atoms with van der Waals surface area (Å²) in [5.74, 6) is -2.38. The second-order valence-electron chi connectivity index (χ2n) is 8.14. The van der Waals surface area contributed by atoms with Gasteiger partial charge in [0.05, 0.1) is 17.0 Å². The Balaban J connectivity index is 1.59. The monoisotopic (exact) mass is 453 g/mol. The van der Waals surface area contributed by atoms with Crippen molar-refractivity contribution in [3.05, 3.63) is 35.8 Å². The number of piperazine rings is 1. The SMILES string of the molecule is O=C(O)Cn1cc(C(C(=O)O)N2CCN(C3CCS(=O)(=O)C3)CC2)c2ccc(F)cc21. The molecule has 2 N–H and O–H groups in total. The number of carboxylic acid groups (broad SMARTS) is 2. The molecule has 2 aliphatic heterocycles. The summed E-state index contributed by atoms with van der Waals surface area (Å²) in [4.78, 5) is 27.4. The van der Waals surface area contributed by atoms with Gasteiger partial charge in [0, 0.05) is 49.4 Å². The molecule has 11 heteroatoms. The maximum Gasteiger partial charge on any atom is 0.325 e. The maximum atomic E-state index is 13.8. The number of hydrogen-bond donors (Lipinski definition) is 2. The molecule has 2 atom stereocenters. The van der Waals surface area contributed by atoms with E-state index in [1.807, 2.05) is 0 Å². The minimum absolute atomic E-state index is 0.0316. The van der Waals surface area contributed by atoms with Crippen LogP contribution in [-0.2, 0) is 26.0 Å². The Bertz CT molecular complexity index is 1120. The van der Waals surface area contributed by atoms with Gasteiger partial charge in [-0.05, 0) is 24.6 Å². The topological polar surface area (TPSA) is 120 Å². The molecule has 1 aromatic heterocycles. The lowest BCUT2D eigenvalue weighted by molar-refractivity contribution is -0.144. The molecule has 1 aromatic carbocycles. The highest BCUT2D eigenvalue weighted by atomic mass is 32.2. The predicted octanol–water partition coefficient (Wildman–Crippen LogP) is 0.795. The first kappa shape index (κ1) is 21.7. The molecule has 2 aromatic rings. The molecule has 168 valence electrons. The van der Waals surface area contributed by atoms with Crippen molar-refractivity contribution < 1.29 is 32.6 Å². The van der Waals surface area contributed by atoms with E-state index in [1.165, 1.54) is 29.0 Å². The van der Waals surface area contributed by atoms with E-state index in [4.69, 9.17) is 0 Å². The number of fused-ring (bicyclic) bond motifs is 1. The largest absolute Gasteiger partial charge is 0.480 e. The third-order valence-electron chi connectivity index (χ3n) is 6.15. The van der Waals surface area contributed by atoms with E-state index in [0.29, 0.717) is 49.1 Å². The van der Waals surface area contributed by atoms with Crippen LogP contribution >= 0.6 is 0 Å². The van der Waals surface area contributed by atoms with E-state index >= 15 is 0 Å². The highest BCUT2D eigenvalue weighted by Gasteiger charge is 2.37. The minimum atomic E-state index is -3.00. The average Bonchev–Trinajstić information content (AvgIpc) is 3.22. The van der Waals surface area contributed by atoms with Gasteiger partial charge in [-0.3, -0.25) is 19.4 Å². The van der Waals surface area contributed by atoms with E-state index in [-0.39, 0.29) is 17.5 Å². The summed E-state index contributed by atoms with van der Waals surface area (Å²) in [7, 11) is -3.00. The van der Waals surface area contributed by atoms with Crippen LogP contribution in [0.1, 0.15) is 18.0 Å². The van der Waals surface area contributed by atoms with E-state index in [0.717, 1.165) is 0 Å². The van der Waals surface area contributed by atoms with Crippen LogP contribution in [0.5, 0.6) is 0 Å². The summed E-state index contributed by atoms with van der Waals surface area (Å²) in [5, 5.41) is 19.7. The van der Waals surface area contributed by atoms with Gasteiger partial charge < -0.3 is 14.8 Å². The summed E-state index contributed by atoms with van der Waals surface area (Å²) in [6, 6.07) is 2.87. The van der Waals surface area contributed by atoms with Crippen molar-refractivity contribution in [1.82, 2.24) is 14.4 Å². The van der Waals surface area contributed by atoms with Crippen molar-refractivity contribution in [3.8, 4) is 0 Å². The van der Waals surface area contributed by atoms with Crippen molar-refractivity contribution in [3.63, 3.8) is 0 Å². The van der Waals surface area contributed by atoms with Crippen LogP contribution < -0.4 is 0 Å². The molecular weight excluding hydrogens is 429 g/mol. The van der Waals surface area contributed by atoms with Crippen LogP contribution in [0, 0.1) is 5.82 Å². The second-order valence-corrected chi connectivity index (χ2v) is 10.4. The number of sulfone groups is 1. The molecule has 2 unspecified atom stereocenters. The van der Waals surface area contributed by atoms with E-state index in [2.05, 4.69) is 4.90 Å². The number of aliphatic carboxylic acids is 2. The quantitative estimate of drug-likeness (QED) is 0.659. The first-order valence-corrected chi connectivity index (χ1v) is 11.9. The molecule has 0 spiro atoms. The van der Waals surface area contributed by atoms with Gasteiger partial charge in [-0.25, -0.2) is 12.8 Å². The summed E-state index contributed by atoms with van der Waals surface area (Å²) >= 11 is 0.